The first-order valence-corrected chi connectivity index (χ1v) is 16.3. The van der Waals surface area contributed by atoms with Gasteiger partial charge in [0.2, 0.25) is 0 Å². The quantitative estimate of drug-likeness (QED) is 0.136. The van der Waals surface area contributed by atoms with Crippen molar-refractivity contribution < 1.29 is 11.0 Å². The van der Waals surface area contributed by atoms with Crippen LogP contribution >= 0.6 is 0 Å². The van der Waals surface area contributed by atoms with Crippen LogP contribution in [0.15, 0.2) is 170 Å². The molecule has 0 aromatic heterocycles. The van der Waals surface area contributed by atoms with Crippen molar-refractivity contribution in [3.63, 3.8) is 0 Å². The number of hydrogen-bond donors (Lipinski definition) is 0. The van der Waals surface area contributed by atoms with Gasteiger partial charge in [0.25, 0.3) is 0 Å². The molecule has 0 aliphatic carbocycles. The zero-order valence-electron chi connectivity index (χ0n) is 34.0. The number of fused-ring (bicyclic) bond motifs is 11. The maximum atomic E-state index is 9.44. The lowest BCUT2D eigenvalue weighted by Gasteiger charge is -2.20. The summed E-state index contributed by atoms with van der Waals surface area (Å²) in [6.07, 6.45) is 0.347. The Bertz CT molecular complexity index is 3260. The van der Waals surface area contributed by atoms with Crippen LogP contribution < -0.4 is 0 Å². The molecule has 0 unspecified atom stereocenters. The second-order valence-electron chi connectivity index (χ2n) is 12.5. The van der Waals surface area contributed by atoms with Crippen molar-refractivity contribution in [3.05, 3.63) is 192 Å². The summed E-state index contributed by atoms with van der Waals surface area (Å²) in [5, 5.41) is 11.7. The van der Waals surface area contributed by atoms with Crippen molar-refractivity contribution in [3.8, 4) is 0 Å². The van der Waals surface area contributed by atoms with Gasteiger partial charge in [0.05, 0.1) is 11.0 Å². The fourth-order valence-corrected chi connectivity index (χ4v) is 7.95. The van der Waals surface area contributed by atoms with Crippen LogP contribution in [0.4, 0.5) is 0 Å². The van der Waals surface area contributed by atoms with Crippen LogP contribution in [-0.4, -0.2) is 0 Å². The van der Waals surface area contributed by atoms with E-state index < -0.39 is 0 Å². The Morgan fingerprint density at radius 2 is 0.750 bits per heavy atom. The summed E-state index contributed by atoms with van der Waals surface area (Å²) in [5.41, 5.74) is 2.68. The Morgan fingerprint density at radius 1 is 0.333 bits per heavy atom. The van der Waals surface area contributed by atoms with Gasteiger partial charge in [-0.25, -0.2) is 0 Å². The fraction of sp³-hybridized carbons (Fsp3) is 0.0417. The zero-order chi connectivity index (χ0) is 38.6. The zero-order valence-corrected chi connectivity index (χ0v) is 26.0. The Labute approximate surface area is 290 Å². The summed E-state index contributed by atoms with van der Waals surface area (Å²) in [6, 6.07) is 38.5. The molecular formula is C48H32. The van der Waals surface area contributed by atoms with Crippen molar-refractivity contribution in [2.24, 2.45) is 0 Å². The molecule has 0 N–H and O–H groups in total. The van der Waals surface area contributed by atoms with Crippen LogP contribution in [-0.2, 0) is 12.8 Å². The van der Waals surface area contributed by atoms with Crippen molar-refractivity contribution >= 4 is 75.4 Å². The van der Waals surface area contributed by atoms with Gasteiger partial charge in [-0.1, -0.05) is 164 Å². The predicted octanol–water partition coefficient (Wildman–Crippen LogP) is 12.9. The standard InChI is InChI=1S/C48H32/c1-2-17-34-31(14-1)15-13-16-32(34)28-45-38-21-5-7-23-40(38)46(41-24-8-6-22-39(41)45)29-33-30-47-42-25-9-4-19-36(42)37-20-10-12-27-44(37)48(47)43-26-11-3-18-35(33)43/h1-27,30H,28-29H2/i5D,6D,7D,8D,21D,22D,23D,24D. The monoisotopic (exact) mass is 616 g/mol. The van der Waals surface area contributed by atoms with E-state index in [0.29, 0.717) is 11.1 Å². The predicted molar refractivity (Wildman–Crippen MR) is 207 cm³/mol. The summed E-state index contributed by atoms with van der Waals surface area (Å²) < 4.78 is 73.1. The molecule has 48 heavy (non-hydrogen) atoms. The van der Waals surface area contributed by atoms with Crippen molar-refractivity contribution in [2.45, 2.75) is 12.8 Å². The van der Waals surface area contributed by atoms with Gasteiger partial charge in [-0.3, -0.25) is 0 Å². The lowest BCUT2D eigenvalue weighted by atomic mass is 9.84. The van der Waals surface area contributed by atoms with Crippen LogP contribution in [0.25, 0.3) is 75.4 Å². The maximum Gasteiger partial charge on any atom is 0.0629 e. The topological polar surface area (TPSA) is 0 Å². The highest BCUT2D eigenvalue weighted by atomic mass is 14.2. The highest BCUT2D eigenvalue weighted by molar-refractivity contribution is 6.31. The van der Waals surface area contributed by atoms with E-state index in [9.17, 15) is 5.48 Å². The molecule has 0 atom stereocenters. The molecule has 0 radical (unpaired) electrons. The van der Waals surface area contributed by atoms with Crippen molar-refractivity contribution in [1.29, 1.82) is 0 Å². The molecule has 0 nitrogen and oxygen atoms in total. The highest BCUT2D eigenvalue weighted by Crippen LogP contribution is 2.42. The second kappa shape index (κ2) is 10.8. The summed E-state index contributed by atoms with van der Waals surface area (Å²) in [4.78, 5) is 0. The van der Waals surface area contributed by atoms with Crippen LogP contribution in [0, 0.1) is 0 Å². The van der Waals surface area contributed by atoms with E-state index in [-0.39, 0.29) is 82.7 Å². The van der Waals surface area contributed by atoms with Gasteiger partial charge in [0.1, 0.15) is 0 Å². The molecule has 0 saturated heterocycles. The number of rotatable bonds is 4. The lowest BCUT2D eigenvalue weighted by molar-refractivity contribution is 1.23. The molecular weight excluding hydrogens is 577 g/mol. The molecule has 224 valence electrons. The van der Waals surface area contributed by atoms with Crippen LogP contribution in [0.2, 0.25) is 0 Å². The van der Waals surface area contributed by atoms with Gasteiger partial charge in [0.15, 0.2) is 0 Å². The molecule has 0 fully saturated rings. The average molecular weight is 617 g/mol. The van der Waals surface area contributed by atoms with E-state index in [0.717, 1.165) is 65.0 Å². The first-order valence-electron chi connectivity index (χ1n) is 20.3. The third-order valence-corrected chi connectivity index (χ3v) is 10.0. The molecule has 0 amide bonds. The number of hydrogen-bond acceptors (Lipinski definition) is 0. The first-order chi connectivity index (χ1) is 27.2. The lowest BCUT2D eigenvalue weighted by Crippen LogP contribution is -2.00. The molecule has 10 aromatic rings. The molecule has 0 spiro atoms. The van der Waals surface area contributed by atoms with E-state index in [1.54, 1.807) is 0 Å². The van der Waals surface area contributed by atoms with E-state index in [1.807, 2.05) is 66.7 Å². The van der Waals surface area contributed by atoms with E-state index >= 15 is 0 Å². The summed E-state index contributed by atoms with van der Waals surface area (Å²) >= 11 is 0. The number of benzene rings is 10. The third-order valence-electron chi connectivity index (χ3n) is 10.0. The SMILES string of the molecule is [2H]c1c([2H])c([2H])c2c(Cc3cc4c5ccccc5c5ccccc5c4c4ccccc34)c3c([2H])c([2H])c([2H])c([2H])c3c(Cc3cccc4ccccc34)c2c1[2H]. The van der Waals surface area contributed by atoms with Gasteiger partial charge in [-0.05, 0) is 117 Å². The minimum absolute atomic E-state index is 0.156. The first kappa shape index (κ1) is 20.3. The average Bonchev–Trinajstić information content (AvgIpc) is 3.23. The van der Waals surface area contributed by atoms with Gasteiger partial charge in [0, 0.05) is 0 Å². The Morgan fingerprint density at radius 3 is 1.35 bits per heavy atom. The summed E-state index contributed by atoms with van der Waals surface area (Å²) in [5.74, 6) is 0. The smallest absolute Gasteiger partial charge is 0.0616 e. The molecule has 0 heterocycles. The van der Waals surface area contributed by atoms with Gasteiger partial charge in [-0.2, -0.15) is 0 Å². The highest BCUT2D eigenvalue weighted by Gasteiger charge is 2.18. The maximum absolute atomic E-state index is 9.44. The summed E-state index contributed by atoms with van der Waals surface area (Å²) in [6.45, 7) is 0. The third kappa shape index (κ3) is 4.09. The van der Waals surface area contributed by atoms with Crippen LogP contribution in [0.1, 0.15) is 33.2 Å². The molecule has 0 aliphatic heterocycles. The van der Waals surface area contributed by atoms with E-state index in [1.165, 1.54) is 0 Å². The molecule has 0 bridgehead atoms. The van der Waals surface area contributed by atoms with E-state index in [4.69, 9.17) is 5.48 Å². The fourth-order valence-electron chi connectivity index (χ4n) is 7.95. The molecule has 0 heteroatoms. The van der Waals surface area contributed by atoms with Gasteiger partial charge < -0.3 is 0 Å². The molecule has 10 aromatic carbocycles. The van der Waals surface area contributed by atoms with E-state index in [2.05, 4.69) is 54.6 Å². The van der Waals surface area contributed by atoms with Crippen LogP contribution in [0.3, 0.4) is 0 Å². The normalized spacial score (nSPS) is 14.2. The van der Waals surface area contributed by atoms with Crippen molar-refractivity contribution in [2.75, 3.05) is 0 Å². The molecule has 0 saturated carbocycles. The van der Waals surface area contributed by atoms with Crippen LogP contribution in [0.5, 0.6) is 0 Å². The Balaban J connectivity index is 1.37. The van der Waals surface area contributed by atoms with Gasteiger partial charge in [-0.15, -0.1) is 0 Å². The molecule has 10 rings (SSSR count). The minimum atomic E-state index is -0.388. The summed E-state index contributed by atoms with van der Waals surface area (Å²) in [7, 11) is 0. The second-order valence-corrected chi connectivity index (χ2v) is 12.5. The largest absolute Gasteiger partial charge is 0.0629 e. The Hall–Kier alpha value is -5.98. The minimum Gasteiger partial charge on any atom is -0.0616 e. The molecule has 0 aliphatic rings. The van der Waals surface area contributed by atoms with Gasteiger partial charge >= 0.3 is 0 Å². The Kier molecular flexibility index (Phi) is 4.56. The van der Waals surface area contributed by atoms with Crippen molar-refractivity contribution in [1.82, 2.24) is 0 Å².